The van der Waals surface area contributed by atoms with Gasteiger partial charge in [0.2, 0.25) is 0 Å². The Hall–Kier alpha value is -0.350. The average Bonchev–Trinajstić information content (AvgIpc) is 2.15. The molecule has 1 aromatic carbocycles. The Kier molecular flexibility index (Phi) is 6.90. The van der Waals surface area contributed by atoms with Crippen LogP contribution >= 0.6 is 0 Å². The van der Waals surface area contributed by atoms with Crippen molar-refractivity contribution in [2.45, 2.75) is 0 Å². The van der Waals surface area contributed by atoms with E-state index in [2.05, 4.69) is 4.74 Å². The molecule has 0 unspecified atom stereocenters. The first-order valence-corrected chi connectivity index (χ1v) is 3.67. The van der Waals surface area contributed by atoms with Gasteiger partial charge in [-0.2, -0.15) is 0 Å². The number of ether oxygens (including phenoxy) is 1. The summed E-state index contributed by atoms with van der Waals surface area (Å²) in [6.07, 6.45) is 0. The summed E-state index contributed by atoms with van der Waals surface area (Å²) in [4.78, 5) is 11.1. The third-order valence-corrected chi connectivity index (χ3v) is 1.33. The first-order valence-electron chi connectivity index (χ1n) is 3.67. The fraction of sp³-hybridized carbons (Fsp3) is 0.222. The molecule has 0 saturated heterocycles. The maximum atomic E-state index is 11.1. The molecule has 13 heavy (non-hydrogen) atoms. The fourth-order valence-corrected chi connectivity index (χ4v) is 0.796. The van der Waals surface area contributed by atoms with E-state index in [-0.39, 0.29) is 42.8 Å². The van der Waals surface area contributed by atoms with E-state index in [1.54, 1.807) is 24.3 Å². The van der Waals surface area contributed by atoms with Crippen LogP contribution in [0.25, 0.3) is 0 Å². The number of esters is 1. The van der Waals surface area contributed by atoms with Crippen molar-refractivity contribution in [3.63, 3.8) is 0 Å². The number of aliphatic hydroxyl groups excluding tert-OH is 1. The summed E-state index contributed by atoms with van der Waals surface area (Å²) < 4.78 is 4.69. The molecular formula is C9H10NaO3. The number of aliphatic hydroxyl groups is 1. The van der Waals surface area contributed by atoms with Gasteiger partial charge in [0.15, 0.2) is 0 Å². The molecule has 0 aromatic heterocycles. The number of carbonyl (C=O) groups is 1. The van der Waals surface area contributed by atoms with Gasteiger partial charge in [-0.15, -0.1) is 0 Å². The molecule has 0 fully saturated rings. The Balaban J connectivity index is 0.00000144. The zero-order valence-corrected chi connectivity index (χ0v) is 9.56. The van der Waals surface area contributed by atoms with Gasteiger partial charge in [-0.05, 0) is 12.1 Å². The molecule has 0 amide bonds. The van der Waals surface area contributed by atoms with E-state index in [1.807, 2.05) is 6.07 Å². The summed E-state index contributed by atoms with van der Waals surface area (Å²) in [5.74, 6) is -0.398. The average molecular weight is 189 g/mol. The van der Waals surface area contributed by atoms with Crippen LogP contribution in [0, 0.1) is 0 Å². The van der Waals surface area contributed by atoms with Gasteiger partial charge in [-0.25, -0.2) is 4.79 Å². The van der Waals surface area contributed by atoms with Crippen molar-refractivity contribution in [3.8, 4) is 0 Å². The van der Waals surface area contributed by atoms with Crippen molar-refractivity contribution < 1.29 is 14.6 Å². The maximum absolute atomic E-state index is 11.1. The fourth-order valence-electron chi connectivity index (χ4n) is 0.796. The second kappa shape index (κ2) is 7.09. The predicted molar refractivity (Wildman–Crippen MR) is 49.6 cm³/mol. The normalized spacial score (nSPS) is 8.69. The van der Waals surface area contributed by atoms with Crippen LogP contribution in [0.4, 0.5) is 0 Å². The van der Waals surface area contributed by atoms with Gasteiger partial charge in [0, 0.05) is 29.6 Å². The largest absolute Gasteiger partial charge is 0.460 e. The third-order valence-electron chi connectivity index (χ3n) is 1.33. The van der Waals surface area contributed by atoms with Gasteiger partial charge >= 0.3 is 5.97 Å². The van der Waals surface area contributed by atoms with Gasteiger partial charge < -0.3 is 9.84 Å². The van der Waals surface area contributed by atoms with Crippen molar-refractivity contribution >= 4 is 35.5 Å². The minimum absolute atomic E-state index is 0. The molecule has 0 aliphatic rings. The quantitative estimate of drug-likeness (QED) is 0.555. The molecule has 1 radical (unpaired) electrons. The smallest absolute Gasteiger partial charge is 0.338 e. The minimum atomic E-state index is -0.398. The minimum Gasteiger partial charge on any atom is -0.460 e. The SMILES string of the molecule is O=C(OCCO)c1ccccc1.[Na]. The molecule has 0 bridgehead atoms. The Labute approximate surface area is 99.0 Å². The van der Waals surface area contributed by atoms with E-state index < -0.39 is 5.97 Å². The molecule has 65 valence electrons. The van der Waals surface area contributed by atoms with Gasteiger partial charge in [0.25, 0.3) is 0 Å². The van der Waals surface area contributed by atoms with Gasteiger partial charge in [-0.3, -0.25) is 0 Å². The van der Waals surface area contributed by atoms with Crippen molar-refractivity contribution in [2.75, 3.05) is 13.2 Å². The zero-order valence-electron chi connectivity index (χ0n) is 7.56. The van der Waals surface area contributed by atoms with E-state index in [9.17, 15) is 4.79 Å². The zero-order chi connectivity index (χ0) is 8.81. The van der Waals surface area contributed by atoms with Crippen LogP contribution in [-0.2, 0) is 4.74 Å². The first-order chi connectivity index (χ1) is 5.84. The van der Waals surface area contributed by atoms with Crippen LogP contribution in [0.2, 0.25) is 0 Å². The van der Waals surface area contributed by atoms with Gasteiger partial charge in [0.05, 0.1) is 12.2 Å². The summed E-state index contributed by atoms with van der Waals surface area (Å²) in [6.45, 7) is -0.0910. The second-order valence-electron chi connectivity index (χ2n) is 2.23. The van der Waals surface area contributed by atoms with Crippen LogP contribution in [0.15, 0.2) is 30.3 Å². The summed E-state index contributed by atoms with van der Waals surface area (Å²) in [5, 5.41) is 8.38. The summed E-state index contributed by atoms with van der Waals surface area (Å²) >= 11 is 0. The molecule has 0 heterocycles. The van der Waals surface area contributed by atoms with Crippen molar-refractivity contribution in [2.24, 2.45) is 0 Å². The summed E-state index contributed by atoms with van der Waals surface area (Å²) in [7, 11) is 0. The van der Waals surface area contributed by atoms with Crippen LogP contribution < -0.4 is 0 Å². The summed E-state index contributed by atoms with van der Waals surface area (Å²) in [5.41, 5.74) is 0.506. The molecule has 0 atom stereocenters. The Bertz CT molecular complexity index is 248. The van der Waals surface area contributed by atoms with Gasteiger partial charge in [-0.1, -0.05) is 18.2 Å². The molecule has 0 saturated carbocycles. The van der Waals surface area contributed by atoms with E-state index in [1.165, 1.54) is 0 Å². The predicted octanol–water partition coefficient (Wildman–Crippen LogP) is 0.455. The van der Waals surface area contributed by atoms with Crippen LogP contribution in [-0.4, -0.2) is 53.8 Å². The van der Waals surface area contributed by atoms with E-state index in [0.717, 1.165) is 0 Å². The standard InChI is InChI=1S/C9H10O3.Na/c10-6-7-12-9(11)8-4-2-1-3-5-8;/h1-5,10H,6-7H2;. The molecular weight excluding hydrogens is 179 g/mol. The van der Waals surface area contributed by atoms with Crippen molar-refractivity contribution in [1.82, 2.24) is 0 Å². The van der Waals surface area contributed by atoms with Gasteiger partial charge in [0.1, 0.15) is 6.61 Å². The first kappa shape index (κ1) is 12.7. The second-order valence-corrected chi connectivity index (χ2v) is 2.23. The van der Waals surface area contributed by atoms with Crippen molar-refractivity contribution in [1.29, 1.82) is 0 Å². The number of benzene rings is 1. The third kappa shape index (κ3) is 4.43. The number of rotatable bonds is 3. The van der Waals surface area contributed by atoms with Crippen molar-refractivity contribution in [3.05, 3.63) is 35.9 Å². The molecule has 1 rings (SSSR count). The van der Waals surface area contributed by atoms with Crippen LogP contribution in [0.5, 0.6) is 0 Å². The number of hydrogen-bond acceptors (Lipinski definition) is 3. The van der Waals surface area contributed by atoms with Crippen LogP contribution in [0.1, 0.15) is 10.4 Å². The van der Waals surface area contributed by atoms with E-state index in [0.29, 0.717) is 5.56 Å². The molecule has 0 aliphatic heterocycles. The van der Waals surface area contributed by atoms with E-state index in [4.69, 9.17) is 5.11 Å². The monoisotopic (exact) mass is 189 g/mol. The Morgan fingerprint density at radius 3 is 2.46 bits per heavy atom. The molecule has 0 aliphatic carbocycles. The molecule has 1 N–H and O–H groups in total. The summed E-state index contributed by atoms with van der Waals surface area (Å²) in [6, 6.07) is 8.67. The Morgan fingerprint density at radius 1 is 1.31 bits per heavy atom. The Morgan fingerprint density at radius 2 is 1.92 bits per heavy atom. The van der Waals surface area contributed by atoms with E-state index >= 15 is 0 Å². The molecule has 4 heteroatoms. The number of hydrogen-bond donors (Lipinski definition) is 1. The molecule has 0 spiro atoms. The molecule has 1 aromatic rings. The topological polar surface area (TPSA) is 46.5 Å². The molecule has 3 nitrogen and oxygen atoms in total. The maximum Gasteiger partial charge on any atom is 0.338 e. The number of carbonyl (C=O) groups excluding carboxylic acids is 1. The van der Waals surface area contributed by atoms with Crippen LogP contribution in [0.3, 0.4) is 0 Å².